The highest BCUT2D eigenvalue weighted by Crippen LogP contribution is 2.47. The van der Waals surface area contributed by atoms with Crippen molar-refractivity contribution >= 4 is 33.5 Å². The molecule has 0 aromatic heterocycles. The Bertz CT molecular complexity index is 1010. The van der Waals surface area contributed by atoms with Gasteiger partial charge in [-0.3, -0.25) is 0 Å². The number of nitrogens with one attached hydrogen (secondary N) is 1. The summed E-state index contributed by atoms with van der Waals surface area (Å²) in [4.78, 5) is 2.30. The first-order valence-electron chi connectivity index (χ1n) is 8.99. The predicted molar refractivity (Wildman–Crippen MR) is 104 cm³/mol. The SMILES string of the molecule is CCN(CC)c1ccc2c(c1)Oc1cc(N)c3ccccc3c1N2.[O-][Cl+3]([O-])([O-])O. The molecule has 1 aliphatic heterocycles. The van der Waals surface area contributed by atoms with E-state index in [4.69, 9.17) is 29.1 Å². The van der Waals surface area contributed by atoms with Crippen molar-refractivity contribution in [3.05, 3.63) is 48.5 Å². The lowest BCUT2D eigenvalue weighted by Crippen LogP contribution is -2.58. The van der Waals surface area contributed by atoms with E-state index in [2.05, 4.69) is 48.3 Å². The Balaban J connectivity index is 0.000000431. The van der Waals surface area contributed by atoms with E-state index in [-0.39, 0.29) is 0 Å². The normalized spacial score (nSPS) is 12.1. The summed E-state index contributed by atoms with van der Waals surface area (Å²) in [6.07, 6.45) is 0. The predicted octanol–water partition coefficient (Wildman–Crippen LogP) is 0.993. The molecule has 154 valence electrons. The molecule has 0 aliphatic carbocycles. The van der Waals surface area contributed by atoms with Crippen LogP contribution in [-0.2, 0) is 0 Å². The molecule has 0 saturated carbocycles. The number of nitrogen functional groups attached to an aromatic ring is 1. The van der Waals surface area contributed by atoms with Crippen LogP contribution in [0.15, 0.2) is 48.5 Å². The second-order valence-corrected chi connectivity index (χ2v) is 7.15. The number of nitrogens with two attached hydrogens (primary N) is 1. The second kappa shape index (κ2) is 8.32. The first-order chi connectivity index (χ1) is 13.7. The minimum Gasteiger partial charge on any atom is -0.453 e. The standard InChI is InChI=1S/C20H21N3O.ClHO4/c1-3-23(4-2)13-9-10-17-18(11-13)24-19-12-16(21)14-7-5-6-8-15(14)20(19)22-17;2-1(3,4)5/h5-12,22H,3-4,21H2,1-2H3;(H,2,3,4,5). The summed E-state index contributed by atoms with van der Waals surface area (Å²) in [7, 11) is -4.69. The molecule has 0 bridgehead atoms. The first kappa shape index (κ1) is 21.0. The second-order valence-electron chi connectivity index (χ2n) is 6.36. The lowest BCUT2D eigenvalue weighted by atomic mass is 10.0. The lowest BCUT2D eigenvalue weighted by Gasteiger charge is -2.27. The first-order valence-corrected chi connectivity index (χ1v) is 10.3. The fourth-order valence-corrected chi connectivity index (χ4v) is 3.32. The fourth-order valence-electron chi connectivity index (χ4n) is 3.32. The molecule has 0 radical (unpaired) electrons. The lowest BCUT2D eigenvalue weighted by molar-refractivity contribution is -1.92. The van der Waals surface area contributed by atoms with Gasteiger partial charge in [-0.1, -0.05) is 24.3 Å². The maximum absolute atomic E-state index is 8.60. The van der Waals surface area contributed by atoms with Crippen LogP contribution >= 0.6 is 0 Å². The molecule has 4 rings (SSSR count). The molecule has 9 heteroatoms. The summed E-state index contributed by atoms with van der Waals surface area (Å²) < 4.78 is 38.9. The summed E-state index contributed by atoms with van der Waals surface area (Å²) in [5.74, 6) is 1.61. The number of benzene rings is 3. The van der Waals surface area contributed by atoms with Gasteiger partial charge in [0.1, 0.15) is 0 Å². The third-order valence-electron chi connectivity index (χ3n) is 4.61. The molecule has 1 aliphatic rings. The highest BCUT2D eigenvalue weighted by atomic mass is 35.7. The Kier molecular flexibility index (Phi) is 6.02. The molecule has 0 unspecified atom stereocenters. The number of halogens is 1. The largest absolute Gasteiger partial charge is 0.453 e. The molecule has 0 amide bonds. The summed E-state index contributed by atoms with van der Waals surface area (Å²) >= 11 is 0. The van der Waals surface area contributed by atoms with Gasteiger partial charge in [-0.15, -0.1) is 0 Å². The highest BCUT2D eigenvalue weighted by molar-refractivity contribution is 6.06. The van der Waals surface area contributed by atoms with Gasteiger partial charge in [0.05, 0.1) is 26.3 Å². The Labute approximate surface area is 170 Å². The van der Waals surface area contributed by atoms with Gasteiger partial charge in [0.25, 0.3) is 0 Å². The van der Waals surface area contributed by atoms with E-state index in [0.29, 0.717) is 0 Å². The third kappa shape index (κ3) is 4.81. The van der Waals surface area contributed by atoms with E-state index in [9.17, 15) is 0 Å². The quantitative estimate of drug-likeness (QED) is 0.417. The number of rotatable bonds is 3. The van der Waals surface area contributed by atoms with Gasteiger partial charge in [0, 0.05) is 47.4 Å². The van der Waals surface area contributed by atoms with Crippen molar-refractivity contribution in [2.75, 3.05) is 29.0 Å². The topological polar surface area (TPSA) is 140 Å². The average Bonchev–Trinajstić information content (AvgIpc) is 2.67. The minimum absolute atomic E-state index is 0.731. The molecular weight excluding hydrogens is 398 g/mol. The van der Waals surface area contributed by atoms with Crippen molar-refractivity contribution < 1.29 is 33.6 Å². The number of nitrogens with zero attached hydrogens (tertiary/aromatic N) is 1. The molecule has 1 heterocycles. The van der Waals surface area contributed by atoms with E-state index in [1.54, 1.807) is 0 Å². The molecule has 0 spiro atoms. The van der Waals surface area contributed by atoms with Crippen molar-refractivity contribution in [3.63, 3.8) is 0 Å². The monoisotopic (exact) mass is 419 g/mol. The number of hydrogen-bond donors (Lipinski definition) is 3. The van der Waals surface area contributed by atoms with Gasteiger partial charge < -0.3 is 20.7 Å². The average molecular weight is 420 g/mol. The molecule has 0 fully saturated rings. The van der Waals surface area contributed by atoms with Crippen LogP contribution in [0.2, 0.25) is 0 Å². The number of ether oxygens (including phenoxy) is 1. The molecular formula is C20H22ClN3O5. The summed E-state index contributed by atoms with van der Waals surface area (Å²) in [5.41, 5.74) is 10.1. The van der Waals surface area contributed by atoms with Crippen molar-refractivity contribution in [2.24, 2.45) is 0 Å². The van der Waals surface area contributed by atoms with Crippen LogP contribution in [0.1, 0.15) is 13.8 Å². The molecule has 29 heavy (non-hydrogen) atoms. The van der Waals surface area contributed by atoms with Crippen LogP contribution in [0, 0.1) is 10.2 Å². The van der Waals surface area contributed by atoms with Crippen LogP contribution in [0.25, 0.3) is 10.8 Å². The van der Waals surface area contributed by atoms with E-state index < -0.39 is 10.2 Å². The van der Waals surface area contributed by atoms with Crippen molar-refractivity contribution in [3.8, 4) is 11.5 Å². The molecule has 0 atom stereocenters. The number of fused-ring (bicyclic) bond motifs is 4. The van der Waals surface area contributed by atoms with Crippen molar-refractivity contribution in [1.82, 2.24) is 0 Å². The fraction of sp³-hybridized carbons (Fsp3) is 0.200. The van der Waals surface area contributed by atoms with Crippen LogP contribution < -0.4 is 34.7 Å². The van der Waals surface area contributed by atoms with Gasteiger partial charge in [-0.05, 0) is 26.0 Å². The Morgan fingerprint density at radius 1 is 1.00 bits per heavy atom. The zero-order chi connectivity index (χ0) is 21.2. The maximum Gasteiger partial charge on any atom is 0.153 e. The van der Waals surface area contributed by atoms with E-state index >= 15 is 0 Å². The zero-order valence-corrected chi connectivity index (χ0v) is 16.8. The van der Waals surface area contributed by atoms with Gasteiger partial charge >= 0.3 is 0 Å². The van der Waals surface area contributed by atoms with Gasteiger partial charge in [-0.25, -0.2) is 0 Å². The summed E-state index contributed by atoms with van der Waals surface area (Å²) in [6, 6.07) is 16.3. The number of hydrogen-bond acceptors (Lipinski definition) is 8. The smallest absolute Gasteiger partial charge is 0.153 e. The van der Waals surface area contributed by atoms with E-state index in [1.807, 2.05) is 24.3 Å². The molecule has 4 N–H and O–H groups in total. The zero-order valence-electron chi connectivity index (χ0n) is 16.0. The van der Waals surface area contributed by atoms with E-state index in [1.165, 1.54) is 0 Å². The Morgan fingerprint density at radius 3 is 2.24 bits per heavy atom. The minimum atomic E-state index is -4.69. The molecule has 3 aromatic rings. The Morgan fingerprint density at radius 2 is 1.62 bits per heavy atom. The van der Waals surface area contributed by atoms with Crippen LogP contribution in [-0.4, -0.2) is 17.7 Å². The highest BCUT2D eigenvalue weighted by Gasteiger charge is 2.21. The van der Waals surface area contributed by atoms with Crippen LogP contribution in [0.3, 0.4) is 0 Å². The third-order valence-corrected chi connectivity index (χ3v) is 4.61. The maximum atomic E-state index is 8.60. The molecule has 8 nitrogen and oxygen atoms in total. The number of anilines is 4. The van der Waals surface area contributed by atoms with Gasteiger partial charge in [0.2, 0.25) is 0 Å². The van der Waals surface area contributed by atoms with Crippen LogP contribution in [0.4, 0.5) is 22.7 Å². The summed E-state index contributed by atoms with van der Waals surface area (Å²) in [6.45, 7) is 6.25. The van der Waals surface area contributed by atoms with Gasteiger partial charge in [0.15, 0.2) is 11.5 Å². The van der Waals surface area contributed by atoms with Gasteiger partial charge in [-0.2, -0.15) is 14.0 Å². The van der Waals surface area contributed by atoms with E-state index in [0.717, 1.165) is 58.1 Å². The summed E-state index contributed by atoms with van der Waals surface area (Å²) in [5, 5.41) is 5.63. The van der Waals surface area contributed by atoms with Crippen LogP contribution in [0.5, 0.6) is 11.5 Å². The molecule has 3 aromatic carbocycles. The van der Waals surface area contributed by atoms with Crippen molar-refractivity contribution in [2.45, 2.75) is 13.8 Å². The molecule has 0 saturated heterocycles. The van der Waals surface area contributed by atoms with Crippen molar-refractivity contribution in [1.29, 1.82) is 0 Å². The Hall–Kier alpha value is -2.75.